The second-order valence-corrected chi connectivity index (χ2v) is 6.79. The second-order valence-electron chi connectivity index (χ2n) is 6.79. The van der Waals surface area contributed by atoms with Gasteiger partial charge in [-0.15, -0.1) is 0 Å². The van der Waals surface area contributed by atoms with Gasteiger partial charge in [-0.25, -0.2) is 4.79 Å². The number of benzene rings is 2. The van der Waals surface area contributed by atoms with Crippen LogP contribution in [0.5, 0.6) is 5.88 Å². The van der Waals surface area contributed by atoms with Gasteiger partial charge in [-0.3, -0.25) is 18.9 Å². The number of nitrogens with one attached hydrogen (secondary N) is 1. The molecule has 2 heterocycles. The predicted octanol–water partition coefficient (Wildman–Crippen LogP) is 2.47. The molecular weight excluding hydrogens is 356 g/mol. The van der Waals surface area contributed by atoms with Crippen LogP contribution in [0.4, 0.5) is 11.4 Å². The molecule has 7 heteroatoms. The molecule has 3 aromatic rings. The van der Waals surface area contributed by atoms with Crippen molar-refractivity contribution in [2.45, 2.75) is 12.5 Å². The van der Waals surface area contributed by atoms with Crippen molar-refractivity contribution in [1.82, 2.24) is 9.13 Å². The Labute approximate surface area is 161 Å². The molecule has 0 amide bonds. The van der Waals surface area contributed by atoms with E-state index in [2.05, 4.69) is 10.3 Å². The monoisotopic (exact) mass is 376 g/mol. The molecule has 0 fully saturated rings. The average Bonchev–Trinajstić information content (AvgIpc) is 2.91. The van der Waals surface area contributed by atoms with Crippen LogP contribution in [0.3, 0.4) is 0 Å². The quantitative estimate of drug-likeness (QED) is 0.719. The fourth-order valence-corrected chi connectivity index (χ4v) is 3.45. The van der Waals surface area contributed by atoms with Gasteiger partial charge in [-0.2, -0.15) is 0 Å². The van der Waals surface area contributed by atoms with Crippen LogP contribution < -0.4 is 16.6 Å². The molecule has 0 radical (unpaired) electrons. The maximum Gasteiger partial charge on any atom is 0.333 e. The maximum absolute atomic E-state index is 12.8. The first-order chi connectivity index (χ1) is 13.5. The van der Waals surface area contributed by atoms with Crippen LogP contribution in [-0.4, -0.2) is 20.0 Å². The number of aliphatic imine (C=N–C) groups is 1. The number of fused-ring (bicyclic) bond motifs is 1. The Morgan fingerprint density at radius 3 is 2.43 bits per heavy atom. The number of hydrogen-bond acceptors (Lipinski definition) is 5. The number of anilines is 1. The molecular formula is C21H20N4O3. The molecule has 0 saturated carbocycles. The number of para-hydroxylation sites is 2. The fraction of sp³-hybridized carbons (Fsp3) is 0.190. The van der Waals surface area contributed by atoms with Crippen molar-refractivity contribution in [3.63, 3.8) is 0 Å². The standard InChI is InChI=1S/C21H20N4O3/c1-24-19(26)18(20(27)25(2)21(24)28)17-12-16(13-8-4-3-5-9-13)22-14-10-6-7-11-15(14)23-17/h3-11,16,22,26H,12H2,1-2H3. The number of nitrogens with zero attached hydrogens (tertiary/aromatic N) is 3. The van der Waals surface area contributed by atoms with Gasteiger partial charge in [-0.1, -0.05) is 42.5 Å². The van der Waals surface area contributed by atoms with Crippen molar-refractivity contribution >= 4 is 17.1 Å². The van der Waals surface area contributed by atoms with Gasteiger partial charge >= 0.3 is 5.69 Å². The van der Waals surface area contributed by atoms with E-state index in [1.54, 1.807) is 0 Å². The third-order valence-corrected chi connectivity index (χ3v) is 5.01. The zero-order valence-electron chi connectivity index (χ0n) is 15.6. The second kappa shape index (κ2) is 6.84. The van der Waals surface area contributed by atoms with Gasteiger partial charge in [0.05, 0.1) is 23.1 Å². The van der Waals surface area contributed by atoms with Crippen molar-refractivity contribution < 1.29 is 5.11 Å². The summed E-state index contributed by atoms with van der Waals surface area (Å²) in [5.41, 5.74) is 1.87. The zero-order valence-corrected chi connectivity index (χ0v) is 15.6. The molecule has 1 atom stereocenters. The van der Waals surface area contributed by atoms with E-state index in [1.807, 2.05) is 54.6 Å². The summed E-state index contributed by atoms with van der Waals surface area (Å²) in [5.74, 6) is -0.377. The first-order valence-electron chi connectivity index (χ1n) is 8.95. The molecule has 28 heavy (non-hydrogen) atoms. The fourth-order valence-electron chi connectivity index (χ4n) is 3.45. The summed E-state index contributed by atoms with van der Waals surface area (Å²) in [6, 6.07) is 17.3. The first kappa shape index (κ1) is 17.8. The minimum atomic E-state index is -0.585. The Balaban J connectivity index is 1.95. The average molecular weight is 376 g/mol. The topological polar surface area (TPSA) is 88.6 Å². The Hall–Kier alpha value is -3.61. The van der Waals surface area contributed by atoms with Crippen LogP contribution in [0.25, 0.3) is 0 Å². The molecule has 142 valence electrons. The highest BCUT2D eigenvalue weighted by molar-refractivity contribution is 6.05. The van der Waals surface area contributed by atoms with Gasteiger partial charge in [0, 0.05) is 20.5 Å². The zero-order chi connectivity index (χ0) is 19.8. The van der Waals surface area contributed by atoms with Gasteiger partial charge < -0.3 is 10.4 Å². The van der Waals surface area contributed by atoms with Crippen molar-refractivity contribution in [1.29, 1.82) is 0 Å². The van der Waals surface area contributed by atoms with Gasteiger partial charge in [-0.05, 0) is 17.7 Å². The van der Waals surface area contributed by atoms with Crippen molar-refractivity contribution in [3.05, 3.63) is 86.6 Å². The summed E-state index contributed by atoms with van der Waals surface area (Å²) in [6.45, 7) is 0. The minimum absolute atomic E-state index is 0.0454. The largest absolute Gasteiger partial charge is 0.494 e. The van der Waals surface area contributed by atoms with Gasteiger partial charge in [0.2, 0.25) is 5.88 Å². The lowest BCUT2D eigenvalue weighted by Gasteiger charge is -2.19. The Kier molecular flexibility index (Phi) is 4.35. The molecule has 0 spiro atoms. The van der Waals surface area contributed by atoms with Crippen LogP contribution in [0.15, 0.2) is 69.2 Å². The van der Waals surface area contributed by atoms with Gasteiger partial charge in [0.1, 0.15) is 5.56 Å². The SMILES string of the molecule is Cn1c(O)c(C2=Nc3ccccc3NC(c3ccccc3)C2)c(=O)n(C)c1=O. The Bertz CT molecular complexity index is 1190. The molecule has 4 rings (SSSR count). The molecule has 0 aliphatic carbocycles. The lowest BCUT2D eigenvalue weighted by Crippen LogP contribution is -2.40. The summed E-state index contributed by atoms with van der Waals surface area (Å²) in [7, 11) is 2.82. The van der Waals surface area contributed by atoms with E-state index in [1.165, 1.54) is 14.1 Å². The molecule has 2 aromatic carbocycles. The van der Waals surface area contributed by atoms with Crippen LogP contribution in [0.1, 0.15) is 23.6 Å². The highest BCUT2D eigenvalue weighted by Crippen LogP contribution is 2.35. The summed E-state index contributed by atoms with van der Waals surface area (Å²) in [5, 5.41) is 14.1. The third-order valence-electron chi connectivity index (χ3n) is 5.01. The molecule has 1 aliphatic heterocycles. The predicted molar refractivity (Wildman–Crippen MR) is 109 cm³/mol. The molecule has 1 unspecified atom stereocenters. The first-order valence-corrected chi connectivity index (χ1v) is 8.95. The summed E-state index contributed by atoms with van der Waals surface area (Å²) in [4.78, 5) is 29.6. The Morgan fingerprint density at radius 1 is 1.00 bits per heavy atom. The van der Waals surface area contributed by atoms with E-state index in [4.69, 9.17) is 0 Å². The van der Waals surface area contributed by atoms with Crippen LogP contribution in [0.2, 0.25) is 0 Å². The lowest BCUT2D eigenvalue weighted by atomic mass is 9.98. The minimum Gasteiger partial charge on any atom is -0.494 e. The van der Waals surface area contributed by atoms with Crippen molar-refractivity contribution in [3.8, 4) is 5.88 Å². The van der Waals surface area contributed by atoms with Crippen molar-refractivity contribution in [2.24, 2.45) is 19.1 Å². The van der Waals surface area contributed by atoms with Crippen LogP contribution in [0, 0.1) is 0 Å². The van der Waals surface area contributed by atoms with Crippen LogP contribution >= 0.6 is 0 Å². The number of aromatic nitrogens is 2. The normalized spacial score (nSPS) is 15.9. The van der Waals surface area contributed by atoms with E-state index < -0.39 is 11.2 Å². The smallest absolute Gasteiger partial charge is 0.333 e. The number of hydrogen-bond donors (Lipinski definition) is 2. The summed E-state index contributed by atoms with van der Waals surface area (Å²) in [6.07, 6.45) is 0.375. The molecule has 0 bridgehead atoms. The summed E-state index contributed by atoms with van der Waals surface area (Å²) < 4.78 is 2.04. The van der Waals surface area contributed by atoms with E-state index in [-0.39, 0.29) is 17.5 Å². The van der Waals surface area contributed by atoms with Gasteiger partial charge in [0.15, 0.2) is 0 Å². The van der Waals surface area contributed by atoms with Gasteiger partial charge in [0.25, 0.3) is 5.56 Å². The molecule has 0 saturated heterocycles. The molecule has 7 nitrogen and oxygen atoms in total. The van der Waals surface area contributed by atoms with Crippen LogP contribution in [-0.2, 0) is 14.1 Å². The van der Waals surface area contributed by atoms with E-state index in [0.717, 1.165) is 20.4 Å². The molecule has 1 aromatic heterocycles. The lowest BCUT2D eigenvalue weighted by molar-refractivity contribution is 0.410. The maximum atomic E-state index is 12.8. The number of aromatic hydroxyl groups is 1. The third kappa shape index (κ3) is 2.90. The highest BCUT2D eigenvalue weighted by Gasteiger charge is 2.26. The van der Waals surface area contributed by atoms with E-state index in [9.17, 15) is 14.7 Å². The van der Waals surface area contributed by atoms with E-state index >= 15 is 0 Å². The molecule has 1 aliphatic rings. The number of rotatable bonds is 2. The van der Waals surface area contributed by atoms with Crippen molar-refractivity contribution in [2.75, 3.05) is 5.32 Å². The van der Waals surface area contributed by atoms with E-state index in [0.29, 0.717) is 17.8 Å². The summed E-state index contributed by atoms with van der Waals surface area (Å²) >= 11 is 0. The highest BCUT2D eigenvalue weighted by atomic mass is 16.3. The Morgan fingerprint density at radius 2 is 1.68 bits per heavy atom. The molecule has 2 N–H and O–H groups in total.